The minimum absolute atomic E-state index is 0.176. The standard InChI is InChI=1S/C19H20FNO4/c1-23-15-4-3-5-16(24-2)18(15)19(22)21-10-11-25-17(12-21)13-6-8-14(20)9-7-13/h3-9,17H,10-12H2,1-2H3. The third kappa shape index (κ3) is 3.58. The molecule has 1 aliphatic rings. The molecule has 0 saturated carbocycles. The Hall–Kier alpha value is -2.60. The van der Waals surface area contributed by atoms with Gasteiger partial charge in [-0.1, -0.05) is 18.2 Å². The summed E-state index contributed by atoms with van der Waals surface area (Å²) in [5, 5.41) is 0. The number of hydrogen-bond acceptors (Lipinski definition) is 4. The zero-order valence-corrected chi connectivity index (χ0v) is 14.2. The average Bonchev–Trinajstić information content (AvgIpc) is 2.67. The number of benzene rings is 2. The Morgan fingerprint density at radius 1 is 1.12 bits per heavy atom. The van der Waals surface area contributed by atoms with E-state index >= 15 is 0 Å². The van der Waals surface area contributed by atoms with Crippen LogP contribution in [-0.2, 0) is 4.74 Å². The number of nitrogens with zero attached hydrogens (tertiary/aromatic N) is 1. The van der Waals surface area contributed by atoms with Crippen molar-refractivity contribution in [3.63, 3.8) is 0 Å². The maximum atomic E-state index is 13.1. The lowest BCUT2D eigenvalue weighted by Gasteiger charge is -2.33. The van der Waals surface area contributed by atoms with E-state index < -0.39 is 0 Å². The van der Waals surface area contributed by atoms with Gasteiger partial charge in [-0.15, -0.1) is 0 Å². The van der Waals surface area contributed by atoms with E-state index in [4.69, 9.17) is 14.2 Å². The molecule has 2 aromatic rings. The van der Waals surface area contributed by atoms with Crippen molar-refractivity contribution >= 4 is 5.91 Å². The molecular formula is C19H20FNO4. The average molecular weight is 345 g/mol. The number of ether oxygens (including phenoxy) is 3. The van der Waals surface area contributed by atoms with Crippen LogP contribution in [0.2, 0.25) is 0 Å². The van der Waals surface area contributed by atoms with Crippen LogP contribution in [0.15, 0.2) is 42.5 Å². The molecule has 0 N–H and O–H groups in total. The minimum atomic E-state index is -0.300. The third-order valence-corrected chi connectivity index (χ3v) is 4.24. The van der Waals surface area contributed by atoms with Gasteiger partial charge in [-0.25, -0.2) is 4.39 Å². The molecule has 132 valence electrons. The van der Waals surface area contributed by atoms with Gasteiger partial charge in [0.15, 0.2) is 0 Å². The number of carbonyl (C=O) groups excluding carboxylic acids is 1. The third-order valence-electron chi connectivity index (χ3n) is 4.24. The van der Waals surface area contributed by atoms with Crippen LogP contribution in [0.4, 0.5) is 4.39 Å². The summed E-state index contributed by atoms with van der Waals surface area (Å²) in [6.45, 7) is 1.26. The molecule has 1 heterocycles. The van der Waals surface area contributed by atoms with Crippen molar-refractivity contribution in [2.45, 2.75) is 6.10 Å². The summed E-state index contributed by atoms with van der Waals surface area (Å²) >= 11 is 0. The van der Waals surface area contributed by atoms with Gasteiger partial charge in [0, 0.05) is 6.54 Å². The Bertz CT molecular complexity index is 725. The van der Waals surface area contributed by atoms with Gasteiger partial charge >= 0.3 is 0 Å². The highest BCUT2D eigenvalue weighted by molar-refractivity contribution is 5.99. The van der Waals surface area contributed by atoms with Gasteiger partial charge in [-0.2, -0.15) is 0 Å². The molecule has 0 aliphatic carbocycles. The Labute approximate surface area is 145 Å². The first kappa shape index (κ1) is 17.2. The fourth-order valence-electron chi connectivity index (χ4n) is 2.93. The molecule has 25 heavy (non-hydrogen) atoms. The quantitative estimate of drug-likeness (QED) is 0.855. The Morgan fingerprint density at radius 2 is 1.76 bits per heavy atom. The first-order valence-corrected chi connectivity index (χ1v) is 8.01. The van der Waals surface area contributed by atoms with Crippen LogP contribution in [0.3, 0.4) is 0 Å². The number of carbonyl (C=O) groups is 1. The first-order valence-electron chi connectivity index (χ1n) is 8.01. The number of hydrogen-bond donors (Lipinski definition) is 0. The second-order valence-electron chi connectivity index (χ2n) is 5.70. The Morgan fingerprint density at radius 3 is 2.36 bits per heavy atom. The van der Waals surface area contributed by atoms with E-state index in [0.29, 0.717) is 36.8 Å². The van der Waals surface area contributed by atoms with Crippen molar-refractivity contribution in [1.82, 2.24) is 4.90 Å². The normalized spacial score (nSPS) is 17.2. The highest BCUT2D eigenvalue weighted by Crippen LogP contribution is 2.31. The van der Waals surface area contributed by atoms with Gasteiger partial charge in [0.05, 0.1) is 27.4 Å². The lowest BCUT2D eigenvalue weighted by atomic mass is 10.1. The van der Waals surface area contributed by atoms with Gasteiger partial charge < -0.3 is 19.1 Å². The molecule has 1 amide bonds. The SMILES string of the molecule is COc1cccc(OC)c1C(=O)N1CCOC(c2ccc(F)cc2)C1. The smallest absolute Gasteiger partial charge is 0.261 e. The number of morpholine rings is 1. The van der Waals surface area contributed by atoms with E-state index in [2.05, 4.69) is 0 Å². The lowest BCUT2D eigenvalue weighted by molar-refractivity contribution is -0.0230. The van der Waals surface area contributed by atoms with Crippen molar-refractivity contribution in [2.75, 3.05) is 33.9 Å². The Balaban J connectivity index is 1.84. The monoisotopic (exact) mass is 345 g/mol. The van der Waals surface area contributed by atoms with Crippen molar-refractivity contribution < 1.29 is 23.4 Å². The van der Waals surface area contributed by atoms with E-state index in [1.165, 1.54) is 26.4 Å². The van der Waals surface area contributed by atoms with Crippen LogP contribution >= 0.6 is 0 Å². The first-order chi connectivity index (χ1) is 12.1. The molecule has 1 fully saturated rings. The summed E-state index contributed by atoms with van der Waals surface area (Å²) in [7, 11) is 3.04. The number of amides is 1. The molecular weight excluding hydrogens is 325 g/mol. The van der Waals surface area contributed by atoms with Gasteiger partial charge in [-0.3, -0.25) is 4.79 Å². The molecule has 1 unspecified atom stereocenters. The lowest BCUT2D eigenvalue weighted by Crippen LogP contribution is -2.42. The van der Waals surface area contributed by atoms with Gasteiger partial charge in [0.25, 0.3) is 5.91 Å². The summed E-state index contributed by atoms with van der Waals surface area (Å²) in [6.07, 6.45) is -0.293. The van der Waals surface area contributed by atoms with Gasteiger partial charge in [0.2, 0.25) is 0 Å². The fourth-order valence-corrected chi connectivity index (χ4v) is 2.93. The van der Waals surface area contributed by atoms with E-state index in [1.54, 1.807) is 35.2 Å². The maximum absolute atomic E-state index is 13.1. The summed E-state index contributed by atoms with van der Waals surface area (Å²) in [5.41, 5.74) is 1.23. The molecule has 3 rings (SSSR count). The number of halogens is 1. The van der Waals surface area contributed by atoms with Crippen molar-refractivity contribution in [3.8, 4) is 11.5 Å². The molecule has 6 heteroatoms. The summed E-state index contributed by atoms with van der Waals surface area (Å²) in [6, 6.07) is 11.4. The highest BCUT2D eigenvalue weighted by Gasteiger charge is 2.29. The predicted molar refractivity (Wildman–Crippen MR) is 90.5 cm³/mol. The van der Waals surface area contributed by atoms with E-state index in [0.717, 1.165) is 5.56 Å². The molecule has 0 bridgehead atoms. The predicted octanol–water partition coefficient (Wildman–Crippen LogP) is 3.06. The molecule has 5 nitrogen and oxygen atoms in total. The molecule has 0 radical (unpaired) electrons. The Kier molecular flexibility index (Phi) is 5.19. The number of methoxy groups -OCH3 is 2. The largest absolute Gasteiger partial charge is 0.496 e. The molecule has 2 aromatic carbocycles. The zero-order chi connectivity index (χ0) is 17.8. The number of rotatable bonds is 4. The molecule has 1 saturated heterocycles. The van der Waals surface area contributed by atoms with Gasteiger partial charge in [0.1, 0.15) is 29.0 Å². The van der Waals surface area contributed by atoms with E-state index in [-0.39, 0.29) is 17.8 Å². The van der Waals surface area contributed by atoms with Crippen LogP contribution in [0.5, 0.6) is 11.5 Å². The summed E-state index contributed by atoms with van der Waals surface area (Å²) in [4.78, 5) is 14.7. The topological polar surface area (TPSA) is 48.0 Å². The fraction of sp³-hybridized carbons (Fsp3) is 0.316. The van der Waals surface area contributed by atoms with E-state index in [9.17, 15) is 9.18 Å². The summed E-state index contributed by atoms with van der Waals surface area (Å²) in [5.74, 6) is 0.458. The van der Waals surface area contributed by atoms with Crippen molar-refractivity contribution in [3.05, 3.63) is 59.4 Å². The van der Waals surface area contributed by atoms with Crippen LogP contribution in [0.1, 0.15) is 22.0 Å². The second kappa shape index (κ2) is 7.53. The van der Waals surface area contributed by atoms with Gasteiger partial charge in [-0.05, 0) is 29.8 Å². The van der Waals surface area contributed by atoms with Crippen LogP contribution in [0.25, 0.3) is 0 Å². The van der Waals surface area contributed by atoms with Crippen molar-refractivity contribution in [2.24, 2.45) is 0 Å². The molecule has 0 aromatic heterocycles. The second-order valence-corrected chi connectivity index (χ2v) is 5.70. The molecule has 1 aliphatic heterocycles. The summed E-state index contributed by atoms with van der Waals surface area (Å²) < 4.78 is 29.5. The van der Waals surface area contributed by atoms with Crippen LogP contribution in [0, 0.1) is 5.82 Å². The maximum Gasteiger partial charge on any atom is 0.261 e. The molecule has 0 spiro atoms. The van der Waals surface area contributed by atoms with E-state index in [1.807, 2.05) is 0 Å². The minimum Gasteiger partial charge on any atom is -0.496 e. The van der Waals surface area contributed by atoms with Crippen molar-refractivity contribution in [1.29, 1.82) is 0 Å². The molecule has 1 atom stereocenters. The zero-order valence-electron chi connectivity index (χ0n) is 14.2. The highest BCUT2D eigenvalue weighted by atomic mass is 19.1. The van der Waals surface area contributed by atoms with Crippen LogP contribution < -0.4 is 9.47 Å². The van der Waals surface area contributed by atoms with Crippen LogP contribution in [-0.4, -0.2) is 44.7 Å².